The first kappa shape index (κ1) is 10.6. The number of rotatable bonds is 3. The Bertz CT molecular complexity index is 669. The van der Waals surface area contributed by atoms with Crippen molar-refractivity contribution in [1.82, 2.24) is 35.0 Å². The minimum Gasteiger partial charge on any atom is -0.354 e. The summed E-state index contributed by atoms with van der Waals surface area (Å²) in [5, 5.41) is 19.6. The lowest BCUT2D eigenvalue weighted by atomic mass is 10.3. The van der Waals surface area contributed by atoms with E-state index in [4.69, 9.17) is 0 Å². The van der Waals surface area contributed by atoms with Gasteiger partial charge in [0.1, 0.15) is 0 Å². The molecule has 3 rings (SSSR count). The van der Waals surface area contributed by atoms with Gasteiger partial charge in [-0.1, -0.05) is 0 Å². The summed E-state index contributed by atoms with van der Waals surface area (Å²) in [6.07, 6.45) is 3.82. The molecule has 0 aromatic carbocycles. The Morgan fingerprint density at radius 1 is 1.33 bits per heavy atom. The predicted molar refractivity (Wildman–Crippen MR) is 63.9 cm³/mol. The summed E-state index contributed by atoms with van der Waals surface area (Å²) >= 11 is 0. The van der Waals surface area contributed by atoms with Gasteiger partial charge in [0.15, 0.2) is 11.5 Å². The van der Waals surface area contributed by atoms with Gasteiger partial charge >= 0.3 is 0 Å². The number of aromatic nitrogens is 7. The minimum absolute atomic E-state index is 0.633. The highest BCUT2D eigenvalue weighted by atomic mass is 15.6. The highest BCUT2D eigenvalue weighted by Gasteiger charge is 2.07. The first-order valence-electron chi connectivity index (χ1n) is 5.46. The van der Waals surface area contributed by atoms with E-state index in [0.717, 1.165) is 17.9 Å². The fourth-order valence-electron chi connectivity index (χ4n) is 1.75. The summed E-state index contributed by atoms with van der Waals surface area (Å²) in [5.74, 6) is 0.804. The van der Waals surface area contributed by atoms with Crippen molar-refractivity contribution >= 4 is 11.5 Å². The standard InChI is InChI=1S/C10H12N8/c1-16(6-8-5-11-17(2)7-8)10-4-3-9-12-14-15-18(9)13-10/h3-5,7H,6H2,1-2H3. The van der Waals surface area contributed by atoms with Gasteiger partial charge in [0, 0.05) is 32.4 Å². The monoisotopic (exact) mass is 244 g/mol. The minimum atomic E-state index is 0.633. The SMILES string of the molecule is CN(Cc1cnn(C)c1)c1ccc2nnnn2n1. The average molecular weight is 244 g/mol. The molecule has 0 bridgehead atoms. The van der Waals surface area contributed by atoms with E-state index in [-0.39, 0.29) is 0 Å². The quantitative estimate of drug-likeness (QED) is 0.639. The van der Waals surface area contributed by atoms with Gasteiger partial charge in [-0.05, 0) is 22.6 Å². The molecular weight excluding hydrogens is 232 g/mol. The lowest BCUT2D eigenvalue weighted by Crippen LogP contribution is -2.18. The molecule has 0 saturated heterocycles. The van der Waals surface area contributed by atoms with Crippen LogP contribution < -0.4 is 4.90 Å². The van der Waals surface area contributed by atoms with E-state index in [0.29, 0.717) is 5.65 Å². The topological polar surface area (TPSA) is 77.0 Å². The Balaban J connectivity index is 1.84. The zero-order valence-corrected chi connectivity index (χ0v) is 10.1. The number of nitrogens with zero attached hydrogens (tertiary/aromatic N) is 8. The Morgan fingerprint density at radius 3 is 3.00 bits per heavy atom. The van der Waals surface area contributed by atoms with E-state index in [1.165, 1.54) is 4.63 Å². The zero-order chi connectivity index (χ0) is 12.5. The van der Waals surface area contributed by atoms with Gasteiger partial charge in [0.25, 0.3) is 0 Å². The first-order valence-corrected chi connectivity index (χ1v) is 5.46. The summed E-state index contributed by atoms with van der Waals surface area (Å²) in [6, 6.07) is 3.73. The fraction of sp³-hybridized carbons (Fsp3) is 0.300. The maximum absolute atomic E-state index is 4.32. The number of hydrogen-bond donors (Lipinski definition) is 0. The Kier molecular flexibility index (Phi) is 2.40. The molecule has 0 aliphatic heterocycles. The van der Waals surface area contributed by atoms with Crippen LogP contribution in [-0.4, -0.2) is 42.1 Å². The van der Waals surface area contributed by atoms with E-state index in [1.807, 2.05) is 43.5 Å². The number of anilines is 1. The molecule has 0 saturated carbocycles. The molecule has 3 aromatic heterocycles. The highest BCUT2D eigenvalue weighted by Crippen LogP contribution is 2.11. The van der Waals surface area contributed by atoms with Crippen molar-refractivity contribution in [2.75, 3.05) is 11.9 Å². The second-order valence-corrected chi connectivity index (χ2v) is 4.10. The second-order valence-electron chi connectivity index (χ2n) is 4.10. The fourth-order valence-corrected chi connectivity index (χ4v) is 1.75. The molecule has 0 spiro atoms. The Hall–Kier alpha value is -2.51. The molecule has 3 heterocycles. The van der Waals surface area contributed by atoms with Crippen LogP contribution in [0.2, 0.25) is 0 Å². The highest BCUT2D eigenvalue weighted by molar-refractivity contribution is 5.43. The van der Waals surface area contributed by atoms with Crippen LogP contribution in [0.25, 0.3) is 5.65 Å². The molecule has 0 radical (unpaired) electrons. The van der Waals surface area contributed by atoms with Crippen LogP contribution >= 0.6 is 0 Å². The van der Waals surface area contributed by atoms with Crippen LogP contribution in [-0.2, 0) is 13.6 Å². The lowest BCUT2D eigenvalue weighted by molar-refractivity contribution is 0.720. The lowest BCUT2D eigenvalue weighted by Gasteiger charge is -2.16. The predicted octanol–water partition coefficient (Wildman–Crippen LogP) is -0.111. The normalized spacial score (nSPS) is 11.0. The van der Waals surface area contributed by atoms with E-state index in [2.05, 4.69) is 25.7 Å². The maximum atomic E-state index is 4.32. The molecule has 0 fully saturated rings. The molecule has 0 unspecified atom stereocenters. The van der Waals surface area contributed by atoms with Crippen LogP contribution in [0.5, 0.6) is 0 Å². The zero-order valence-electron chi connectivity index (χ0n) is 10.1. The van der Waals surface area contributed by atoms with E-state index < -0.39 is 0 Å². The van der Waals surface area contributed by atoms with Gasteiger partial charge in [-0.3, -0.25) is 4.68 Å². The number of fused-ring (bicyclic) bond motifs is 1. The maximum Gasteiger partial charge on any atom is 0.200 e. The van der Waals surface area contributed by atoms with Crippen LogP contribution in [0.1, 0.15) is 5.56 Å². The largest absolute Gasteiger partial charge is 0.354 e. The van der Waals surface area contributed by atoms with Crippen molar-refractivity contribution in [3.8, 4) is 0 Å². The van der Waals surface area contributed by atoms with Crippen molar-refractivity contribution in [3.05, 3.63) is 30.1 Å². The molecule has 92 valence electrons. The molecule has 8 heteroatoms. The molecular formula is C10H12N8. The van der Waals surface area contributed by atoms with Gasteiger partial charge in [-0.25, -0.2) is 0 Å². The third kappa shape index (κ3) is 1.88. The Labute approximate surface area is 103 Å². The van der Waals surface area contributed by atoms with Gasteiger partial charge in [0.2, 0.25) is 0 Å². The third-order valence-corrected chi connectivity index (χ3v) is 2.62. The molecule has 8 nitrogen and oxygen atoms in total. The summed E-state index contributed by atoms with van der Waals surface area (Å²) in [5.41, 5.74) is 1.76. The number of hydrogen-bond acceptors (Lipinski definition) is 6. The summed E-state index contributed by atoms with van der Waals surface area (Å²) in [6.45, 7) is 0.731. The van der Waals surface area contributed by atoms with Crippen LogP contribution in [0.4, 0.5) is 5.82 Å². The average Bonchev–Trinajstić information content (AvgIpc) is 2.96. The number of aryl methyl sites for hydroxylation is 1. The summed E-state index contributed by atoms with van der Waals surface area (Å²) < 4.78 is 3.19. The molecule has 0 atom stereocenters. The molecule has 0 aliphatic rings. The first-order chi connectivity index (χ1) is 8.72. The van der Waals surface area contributed by atoms with Crippen molar-refractivity contribution in [1.29, 1.82) is 0 Å². The smallest absolute Gasteiger partial charge is 0.200 e. The third-order valence-electron chi connectivity index (χ3n) is 2.62. The molecule has 0 N–H and O–H groups in total. The van der Waals surface area contributed by atoms with Crippen molar-refractivity contribution in [2.45, 2.75) is 6.54 Å². The van der Waals surface area contributed by atoms with Gasteiger partial charge in [-0.2, -0.15) is 5.10 Å². The van der Waals surface area contributed by atoms with Crippen LogP contribution in [0, 0.1) is 0 Å². The van der Waals surface area contributed by atoms with E-state index in [9.17, 15) is 0 Å². The van der Waals surface area contributed by atoms with Gasteiger partial charge < -0.3 is 4.90 Å². The van der Waals surface area contributed by atoms with Crippen LogP contribution in [0.15, 0.2) is 24.5 Å². The van der Waals surface area contributed by atoms with Gasteiger partial charge in [0.05, 0.1) is 6.20 Å². The van der Waals surface area contributed by atoms with Crippen molar-refractivity contribution in [2.24, 2.45) is 7.05 Å². The molecule has 3 aromatic rings. The van der Waals surface area contributed by atoms with Crippen molar-refractivity contribution < 1.29 is 0 Å². The van der Waals surface area contributed by atoms with E-state index >= 15 is 0 Å². The Morgan fingerprint density at radius 2 is 2.22 bits per heavy atom. The van der Waals surface area contributed by atoms with Gasteiger partial charge in [-0.15, -0.1) is 14.8 Å². The molecule has 0 amide bonds. The second kappa shape index (κ2) is 4.06. The number of tetrazole rings is 1. The van der Waals surface area contributed by atoms with Crippen molar-refractivity contribution in [3.63, 3.8) is 0 Å². The van der Waals surface area contributed by atoms with Crippen LogP contribution in [0.3, 0.4) is 0 Å². The molecule has 0 aliphatic carbocycles. The molecule has 18 heavy (non-hydrogen) atoms. The summed E-state index contributed by atoms with van der Waals surface area (Å²) in [7, 11) is 3.86. The summed E-state index contributed by atoms with van der Waals surface area (Å²) in [4.78, 5) is 2.01. The van der Waals surface area contributed by atoms with E-state index in [1.54, 1.807) is 4.68 Å².